The molecule has 1 N–H and O–H groups in total. The van der Waals surface area contributed by atoms with Crippen molar-refractivity contribution in [1.29, 1.82) is 0 Å². The van der Waals surface area contributed by atoms with E-state index < -0.39 is 0 Å². The Balaban J connectivity index is 1.56. The molecule has 0 bridgehead atoms. The third-order valence-electron chi connectivity index (χ3n) is 5.41. The molecular weight excluding hydrogens is 398 g/mol. The van der Waals surface area contributed by atoms with Gasteiger partial charge < -0.3 is 10.1 Å². The van der Waals surface area contributed by atoms with Crippen LogP contribution in [0.15, 0.2) is 91.0 Å². The van der Waals surface area contributed by atoms with Gasteiger partial charge in [-0.15, -0.1) is 0 Å². The molecule has 1 amide bonds. The van der Waals surface area contributed by atoms with Crippen LogP contribution in [-0.4, -0.2) is 28.8 Å². The number of methoxy groups -OCH3 is 1. The maximum absolute atomic E-state index is 13.2. The molecule has 4 rings (SSSR count). The predicted molar refractivity (Wildman–Crippen MR) is 127 cm³/mol. The first-order chi connectivity index (χ1) is 15.6. The molecule has 4 aromatic rings. The molecule has 1 atom stereocenters. The van der Waals surface area contributed by atoms with E-state index in [-0.39, 0.29) is 11.9 Å². The summed E-state index contributed by atoms with van der Waals surface area (Å²) in [7, 11) is 1.64. The molecule has 0 radical (unpaired) electrons. The molecule has 0 saturated heterocycles. The van der Waals surface area contributed by atoms with Gasteiger partial charge in [0.25, 0.3) is 5.91 Å². The molecular formula is C27H27N3O2. The van der Waals surface area contributed by atoms with Crippen molar-refractivity contribution in [2.24, 2.45) is 0 Å². The van der Waals surface area contributed by atoms with Crippen molar-refractivity contribution in [3.05, 3.63) is 102 Å². The number of carbonyl (C=O) groups excluding carboxylic acids is 1. The second-order valence-electron chi connectivity index (χ2n) is 7.79. The minimum Gasteiger partial charge on any atom is -0.497 e. The van der Waals surface area contributed by atoms with E-state index in [9.17, 15) is 4.79 Å². The van der Waals surface area contributed by atoms with E-state index in [4.69, 9.17) is 9.84 Å². The number of hydrogen-bond acceptors (Lipinski definition) is 3. The number of benzene rings is 3. The average molecular weight is 426 g/mol. The smallest absolute Gasteiger partial charge is 0.270 e. The summed E-state index contributed by atoms with van der Waals surface area (Å²) in [5.74, 6) is 0.642. The summed E-state index contributed by atoms with van der Waals surface area (Å²) >= 11 is 0. The number of amides is 1. The molecule has 0 aliphatic rings. The van der Waals surface area contributed by atoms with Crippen LogP contribution in [0.4, 0.5) is 0 Å². The SMILES string of the molecule is COc1ccc(-c2cc(C(=O)N[C@H](C)CCc3ccccc3)n(-c3ccccc3)n2)cc1. The van der Waals surface area contributed by atoms with Crippen LogP contribution >= 0.6 is 0 Å². The average Bonchev–Trinajstić information content (AvgIpc) is 3.30. The molecule has 0 saturated carbocycles. The molecule has 5 nitrogen and oxygen atoms in total. The molecule has 5 heteroatoms. The van der Waals surface area contributed by atoms with Crippen LogP contribution in [0.1, 0.15) is 29.4 Å². The van der Waals surface area contributed by atoms with Crippen molar-refractivity contribution in [1.82, 2.24) is 15.1 Å². The van der Waals surface area contributed by atoms with Gasteiger partial charge in [-0.1, -0.05) is 48.5 Å². The normalized spacial score (nSPS) is 11.7. The predicted octanol–water partition coefficient (Wildman–Crippen LogP) is 5.30. The first kappa shape index (κ1) is 21.4. The van der Waals surface area contributed by atoms with Gasteiger partial charge in [0.2, 0.25) is 0 Å². The van der Waals surface area contributed by atoms with E-state index in [1.54, 1.807) is 11.8 Å². The van der Waals surface area contributed by atoms with Gasteiger partial charge in [-0.05, 0) is 67.8 Å². The van der Waals surface area contributed by atoms with Crippen molar-refractivity contribution in [3.63, 3.8) is 0 Å². The van der Waals surface area contributed by atoms with Gasteiger partial charge in [0, 0.05) is 11.6 Å². The number of nitrogens with zero attached hydrogens (tertiary/aromatic N) is 2. The number of rotatable bonds is 8. The highest BCUT2D eigenvalue weighted by Gasteiger charge is 2.19. The van der Waals surface area contributed by atoms with Crippen LogP contribution in [0.5, 0.6) is 5.75 Å². The standard InChI is InChI=1S/C27H27N3O2/c1-20(13-14-21-9-5-3-6-10-21)28-27(31)26-19-25(22-15-17-24(32-2)18-16-22)29-30(26)23-11-7-4-8-12-23/h3-12,15-20H,13-14H2,1-2H3,(H,28,31)/t20-/m1/s1. The molecule has 0 fully saturated rings. The van der Waals surface area contributed by atoms with Gasteiger partial charge in [-0.25, -0.2) is 4.68 Å². The molecule has 0 unspecified atom stereocenters. The lowest BCUT2D eigenvalue weighted by Gasteiger charge is -2.14. The van der Waals surface area contributed by atoms with Crippen molar-refractivity contribution >= 4 is 5.91 Å². The third kappa shape index (κ3) is 5.06. The van der Waals surface area contributed by atoms with Crippen LogP contribution in [0.2, 0.25) is 0 Å². The lowest BCUT2D eigenvalue weighted by Crippen LogP contribution is -2.34. The molecule has 0 aliphatic carbocycles. The van der Waals surface area contributed by atoms with Crippen LogP contribution in [-0.2, 0) is 6.42 Å². The molecule has 32 heavy (non-hydrogen) atoms. The Kier molecular flexibility index (Phi) is 6.66. The Bertz CT molecular complexity index is 1150. The van der Waals surface area contributed by atoms with Gasteiger partial charge >= 0.3 is 0 Å². The topological polar surface area (TPSA) is 56.1 Å². The first-order valence-electron chi connectivity index (χ1n) is 10.8. The summed E-state index contributed by atoms with van der Waals surface area (Å²) in [6.45, 7) is 2.04. The first-order valence-corrected chi connectivity index (χ1v) is 10.8. The summed E-state index contributed by atoms with van der Waals surface area (Å²) in [4.78, 5) is 13.2. The fourth-order valence-corrected chi connectivity index (χ4v) is 3.61. The number of para-hydroxylation sites is 1. The Labute approximate surface area is 188 Å². The number of aryl methyl sites for hydroxylation is 1. The van der Waals surface area contributed by atoms with E-state index >= 15 is 0 Å². The second kappa shape index (κ2) is 9.96. The Morgan fingerprint density at radius 2 is 1.62 bits per heavy atom. The largest absolute Gasteiger partial charge is 0.497 e. The monoisotopic (exact) mass is 425 g/mol. The van der Waals surface area contributed by atoms with E-state index in [0.717, 1.165) is 35.5 Å². The zero-order chi connectivity index (χ0) is 22.3. The van der Waals surface area contributed by atoms with Crippen molar-refractivity contribution in [3.8, 4) is 22.7 Å². The van der Waals surface area contributed by atoms with Gasteiger partial charge in [-0.3, -0.25) is 4.79 Å². The van der Waals surface area contributed by atoms with Crippen molar-refractivity contribution in [2.45, 2.75) is 25.8 Å². The highest BCUT2D eigenvalue weighted by Crippen LogP contribution is 2.24. The number of carbonyl (C=O) groups is 1. The third-order valence-corrected chi connectivity index (χ3v) is 5.41. The van der Waals surface area contributed by atoms with E-state index in [1.807, 2.05) is 85.8 Å². The quantitative estimate of drug-likeness (QED) is 0.417. The van der Waals surface area contributed by atoms with Crippen LogP contribution in [0, 0.1) is 0 Å². The van der Waals surface area contributed by atoms with Crippen LogP contribution < -0.4 is 10.1 Å². The minimum atomic E-state index is -0.137. The molecule has 1 heterocycles. The molecule has 1 aromatic heterocycles. The van der Waals surface area contributed by atoms with Gasteiger partial charge in [0.05, 0.1) is 18.5 Å². The van der Waals surface area contributed by atoms with Gasteiger partial charge in [-0.2, -0.15) is 5.10 Å². The Morgan fingerprint density at radius 1 is 0.969 bits per heavy atom. The van der Waals surface area contributed by atoms with Crippen molar-refractivity contribution < 1.29 is 9.53 Å². The van der Waals surface area contributed by atoms with Crippen LogP contribution in [0.3, 0.4) is 0 Å². The lowest BCUT2D eigenvalue weighted by atomic mass is 10.1. The van der Waals surface area contributed by atoms with Crippen LogP contribution in [0.25, 0.3) is 16.9 Å². The summed E-state index contributed by atoms with van der Waals surface area (Å²) in [6.07, 6.45) is 1.78. The number of hydrogen-bond donors (Lipinski definition) is 1. The zero-order valence-corrected chi connectivity index (χ0v) is 18.4. The Morgan fingerprint density at radius 3 is 2.28 bits per heavy atom. The fourth-order valence-electron chi connectivity index (χ4n) is 3.61. The maximum atomic E-state index is 13.2. The number of nitrogens with one attached hydrogen (secondary N) is 1. The van der Waals surface area contributed by atoms with Crippen molar-refractivity contribution in [2.75, 3.05) is 7.11 Å². The highest BCUT2D eigenvalue weighted by atomic mass is 16.5. The van der Waals surface area contributed by atoms with Gasteiger partial charge in [0.15, 0.2) is 0 Å². The lowest BCUT2D eigenvalue weighted by molar-refractivity contribution is 0.0930. The number of ether oxygens (including phenoxy) is 1. The molecule has 162 valence electrons. The summed E-state index contributed by atoms with van der Waals surface area (Å²) < 4.78 is 6.96. The zero-order valence-electron chi connectivity index (χ0n) is 18.4. The van der Waals surface area contributed by atoms with E-state index in [2.05, 4.69) is 17.4 Å². The second-order valence-corrected chi connectivity index (χ2v) is 7.79. The highest BCUT2D eigenvalue weighted by molar-refractivity contribution is 5.94. The molecule has 3 aromatic carbocycles. The Hall–Kier alpha value is -3.86. The van der Waals surface area contributed by atoms with E-state index in [1.165, 1.54) is 5.56 Å². The molecule has 0 spiro atoms. The molecule has 0 aliphatic heterocycles. The number of aromatic nitrogens is 2. The van der Waals surface area contributed by atoms with E-state index in [0.29, 0.717) is 5.69 Å². The summed E-state index contributed by atoms with van der Waals surface area (Å²) in [5.41, 5.74) is 4.28. The van der Waals surface area contributed by atoms with Gasteiger partial charge in [0.1, 0.15) is 11.4 Å². The summed E-state index contributed by atoms with van der Waals surface area (Å²) in [5, 5.41) is 7.88. The maximum Gasteiger partial charge on any atom is 0.270 e. The fraction of sp³-hybridized carbons (Fsp3) is 0.185. The summed E-state index contributed by atoms with van der Waals surface area (Å²) in [6, 6.07) is 29.6. The minimum absolute atomic E-state index is 0.0336.